The Labute approximate surface area is 138 Å². The van der Waals surface area contributed by atoms with Gasteiger partial charge in [-0.1, -0.05) is 27.7 Å². The number of aryl methyl sites for hydroxylation is 1. The summed E-state index contributed by atoms with van der Waals surface area (Å²) in [4.78, 5) is 12.4. The molecule has 23 heavy (non-hydrogen) atoms. The normalized spacial score (nSPS) is 12.5. The van der Waals surface area contributed by atoms with Crippen LogP contribution in [0.5, 0.6) is 0 Å². The highest BCUT2D eigenvalue weighted by Gasteiger charge is 2.26. The number of hydrogen-bond donors (Lipinski definition) is 1. The van der Waals surface area contributed by atoms with Gasteiger partial charge in [0.25, 0.3) is 5.91 Å². The fourth-order valence-electron chi connectivity index (χ4n) is 2.22. The summed E-state index contributed by atoms with van der Waals surface area (Å²) >= 11 is 0. The van der Waals surface area contributed by atoms with Crippen molar-refractivity contribution in [2.45, 2.75) is 65.8 Å². The molecule has 0 saturated carbocycles. The molecule has 1 amide bonds. The molecule has 0 aliphatic carbocycles. The number of nitrogens with one attached hydrogen (secondary N) is 1. The summed E-state index contributed by atoms with van der Waals surface area (Å²) in [5, 5.41) is 7.62. The summed E-state index contributed by atoms with van der Waals surface area (Å²) in [5.74, 6) is 1.55. The van der Waals surface area contributed by atoms with E-state index in [4.69, 9.17) is 9.52 Å². The maximum absolute atomic E-state index is 12.4. The summed E-state index contributed by atoms with van der Waals surface area (Å²) in [6, 6.07) is 5.47. The van der Waals surface area contributed by atoms with Gasteiger partial charge in [-0.25, -0.2) is 4.68 Å². The molecule has 0 aliphatic heterocycles. The van der Waals surface area contributed by atoms with Gasteiger partial charge in [0.05, 0.1) is 11.2 Å². The molecular weight excluding hydrogens is 290 g/mol. The number of furan rings is 1. The minimum absolute atomic E-state index is 0.0873. The number of carbonyl (C=O) groups excluding carboxylic acids is 1. The fraction of sp³-hybridized carbons (Fsp3) is 0.556. The van der Waals surface area contributed by atoms with Crippen molar-refractivity contribution in [2.24, 2.45) is 0 Å². The van der Waals surface area contributed by atoms with E-state index in [1.165, 1.54) is 0 Å². The number of anilines is 1. The van der Waals surface area contributed by atoms with Crippen LogP contribution in [0.15, 0.2) is 22.6 Å². The molecular formula is C18H27N3O2. The van der Waals surface area contributed by atoms with Crippen LogP contribution in [0.25, 0.3) is 0 Å². The van der Waals surface area contributed by atoms with Crippen molar-refractivity contribution >= 4 is 11.7 Å². The number of aromatic nitrogens is 2. The molecule has 2 aromatic heterocycles. The molecule has 126 valence electrons. The Bertz CT molecular complexity index is 697. The molecule has 0 aromatic carbocycles. The molecule has 0 saturated heterocycles. The van der Waals surface area contributed by atoms with Crippen LogP contribution in [0, 0.1) is 0 Å². The molecule has 2 heterocycles. The van der Waals surface area contributed by atoms with Gasteiger partial charge in [-0.3, -0.25) is 4.79 Å². The predicted octanol–water partition coefficient (Wildman–Crippen LogP) is 4.34. The lowest BCUT2D eigenvalue weighted by molar-refractivity contribution is 0.0993. The maximum Gasteiger partial charge on any atom is 0.292 e. The van der Waals surface area contributed by atoms with E-state index >= 15 is 0 Å². The molecule has 0 aliphatic rings. The number of rotatable bonds is 3. The monoisotopic (exact) mass is 317 g/mol. The summed E-state index contributed by atoms with van der Waals surface area (Å²) in [7, 11) is 0. The molecule has 0 radical (unpaired) electrons. The first-order valence-electron chi connectivity index (χ1n) is 8.03. The van der Waals surface area contributed by atoms with Crippen molar-refractivity contribution in [1.82, 2.24) is 9.78 Å². The van der Waals surface area contributed by atoms with E-state index in [9.17, 15) is 4.79 Å². The Balaban J connectivity index is 2.34. The highest BCUT2D eigenvalue weighted by molar-refractivity contribution is 6.01. The number of nitrogens with zero attached hydrogens (tertiary/aromatic N) is 2. The lowest BCUT2D eigenvalue weighted by Crippen LogP contribution is -2.27. The fourth-order valence-corrected chi connectivity index (χ4v) is 2.22. The molecule has 0 spiro atoms. The van der Waals surface area contributed by atoms with E-state index in [1.54, 1.807) is 6.07 Å². The molecule has 2 rings (SSSR count). The van der Waals surface area contributed by atoms with Gasteiger partial charge in [-0.05, 0) is 32.9 Å². The van der Waals surface area contributed by atoms with Crippen LogP contribution in [0.4, 0.5) is 5.82 Å². The zero-order valence-corrected chi connectivity index (χ0v) is 15.2. The lowest BCUT2D eigenvalue weighted by Gasteiger charge is -2.22. The molecule has 0 unspecified atom stereocenters. The SMILES string of the molecule is CCc1ccc(C(=O)Nc2cc(C(C)(C)C)nn2C(C)(C)C)o1. The molecule has 2 aromatic rings. The second-order valence-electron chi connectivity index (χ2n) is 7.82. The highest BCUT2D eigenvalue weighted by Crippen LogP contribution is 2.28. The van der Waals surface area contributed by atoms with Gasteiger partial charge in [0.15, 0.2) is 5.76 Å². The van der Waals surface area contributed by atoms with Crippen LogP contribution in [0.3, 0.4) is 0 Å². The van der Waals surface area contributed by atoms with Crippen LogP contribution in [0.2, 0.25) is 0 Å². The standard InChI is InChI=1S/C18H27N3O2/c1-8-12-9-10-13(23-12)16(22)19-15-11-14(17(2,3)4)20-21(15)18(5,6)7/h9-11H,8H2,1-7H3,(H,19,22). The Morgan fingerprint density at radius 1 is 1.22 bits per heavy atom. The second-order valence-corrected chi connectivity index (χ2v) is 7.82. The van der Waals surface area contributed by atoms with Crippen LogP contribution < -0.4 is 5.32 Å². The van der Waals surface area contributed by atoms with Crippen molar-refractivity contribution in [3.05, 3.63) is 35.4 Å². The van der Waals surface area contributed by atoms with Gasteiger partial charge < -0.3 is 9.73 Å². The molecule has 0 bridgehead atoms. The summed E-state index contributed by atoms with van der Waals surface area (Å²) in [6.45, 7) is 14.5. The van der Waals surface area contributed by atoms with Crippen molar-refractivity contribution in [1.29, 1.82) is 0 Å². The van der Waals surface area contributed by atoms with E-state index in [0.717, 1.165) is 17.9 Å². The molecule has 1 N–H and O–H groups in total. The molecule has 0 atom stereocenters. The number of carbonyl (C=O) groups is 1. The second kappa shape index (κ2) is 5.87. The minimum Gasteiger partial charge on any atom is -0.456 e. The Kier molecular flexibility index (Phi) is 4.42. The Hall–Kier alpha value is -2.04. The Morgan fingerprint density at radius 3 is 2.35 bits per heavy atom. The predicted molar refractivity (Wildman–Crippen MR) is 92.0 cm³/mol. The first-order chi connectivity index (χ1) is 10.5. The third-order valence-electron chi connectivity index (χ3n) is 3.59. The van der Waals surface area contributed by atoms with Gasteiger partial charge in [-0.2, -0.15) is 5.10 Å². The van der Waals surface area contributed by atoms with E-state index in [0.29, 0.717) is 11.6 Å². The minimum atomic E-state index is -0.254. The zero-order chi connectivity index (χ0) is 17.4. The number of amides is 1. The van der Waals surface area contributed by atoms with Gasteiger partial charge >= 0.3 is 0 Å². The maximum atomic E-state index is 12.4. The van der Waals surface area contributed by atoms with Gasteiger partial charge in [0.2, 0.25) is 0 Å². The quantitative estimate of drug-likeness (QED) is 0.916. The van der Waals surface area contributed by atoms with Crippen molar-refractivity contribution in [2.75, 3.05) is 5.32 Å². The zero-order valence-electron chi connectivity index (χ0n) is 15.2. The largest absolute Gasteiger partial charge is 0.456 e. The summed E-state index contributed by atoms with van der Waals surface area (Å²) in [6.07, 6.45) is 0.765. The Morgan fingerprint density at radius 2 is 1.87 bits per heavy atom. The van der Waals surface area contributed by atoms with E-state index in [2.05, 4.69) is 46.9 Å². The van der Waals surface area contributed by atoms with E-state index in [1.807, 2.05) is 23.7 Å². The van der Waals surface area contributed by atoms with Crippen molar-refractivity contribution < 1.29 is 9.21 Å². The summed E-state index contributed by atoms with van der Waals surface area (Å²) in [5.41, 5.74) is 0.622. The molecule has 5 heteroatoms. The topological polar surface area (TPSA) is 60.1 Å². The van der Waals surface area contributed by atoms with E-state index in [-0.39, 0.29) is 16.9 Å². The third kappa shape index (κ3) is 3.84. The van der Waals surface area contributed by atoms with Crippen LogP contribution in [-0.2, 0) is 17.4 Å². The highest BCUT2D eigenvalue weighted by atomic mass is 16.3. The van der Waals surface area contributed by atoms with Crippen LogP contribution >= 0.6 is 0 Å². The van der Waals surface area contributed by atoms with Crippen molar-refractivity contribution in [3.63, 3.8) is 0 Å². The number of hydrogen-bond acceptors (Lipinski definition) is 3. The average molecular weight is 317 g/mol. The first-order valence-corrected chi connectivity index (χ1v) is 8.03. The van der Waals surface area contributed by atoms with E-state index < -0.39 is 0 Å². The summed E-state index contributed by atoms with van der Waals surface area (Å²) < 4.78 is 7.38. The van der Waals surface area contributed by atoms with Crippen molar-refractivity contribution in [3.8, 4) is 0 Å². The third-order valence-corrected chi connectivity index (χ3v) is 3.59. The van der Waals surface area contributed by atoms with Gasteiger partial charge in [-0.15, -0.1) is 0 Å². The van der Waals surface area contributed by atoms with Crippen LogP contribution in [-0.4, -0.2) is 15.7 Å². The lowest BCUT2D eigenvalue weighted by atomic mass is 9.92. The molecule has 5 nitrogen and oxygen atoms in total. The first kappa shape index (κ1) is 17.3. The van der Waals surface area contributed by atoms with Crippen LogP contribution in [0.1, 0.15) is 70.5 Å². The molecule has 0 fully saturated rings. The van der Waals surface area contributed by atoms with Gasteiger partial charge in [0, 0.05) is 17.9 Å². The van der Waals surface area contributed by atoms with Gasteiger partial charge in [0.1, 0.15) is 11.6 Å². The smallest absolute Gasteiger partial charge is 0.292 e. The average Bonchev–Trinajstić information content (AvgIpc) is 3.03.